The van der Waals surface area contributed by atoms with Gasteiger partial charge >= 0.3 is 0 Å². The smallest absolute Gasteiger partial charge is 0.141 e. The van der Waals surface area contributed by atoms with E-state index in [0.29, 0.717) is 36.7 Å². The van der Waals surface area contributed by atoms with Crippen molar-refractivity contribution in [2.75, 3.05) is 6.61 Å². The van der Waals surface area contributed by atoms with Gasteiger partial charge in [-0.25, -0.2) is 0 Å². The van der Waals surface area contributed by atoms with E-state index in [9.17, 15) is 9.59 Å². The van der Waals surface area contributed by atoms with Crippen LogP contribution < -0.4 is 0 Å². The Hall–Kier alpha value is -0.960. The average Bonchev–Trinajstić information content (AvgIpc) is 3.39. The molecule has 1 aliphatic carbocycles. The van der Waals surface area contributed by atoms with E-state index in [4.69, 9.17) is 4.74 Å². The molecule has 3 nitrogen and oxygen atoms in total. The Balaban J connectivity index is 2.07. The van der Waals surface area contributed by atoms with Crippen molar-refractivity contribution < 1.29 is 14.3 Å². The molecule has 2 aliphatic rings. The van der Waals surface area contributed by atoms with Gasteiger partial charge in [0.2, 0.25) is 0 Å². The van der Waals surface area contributed by atoms with E-state index in [0.717, 1.165) is 38.7 Å². The third-order valence-corrected chi connectivity index (χ3v) is 6.12. The fourth-order valence-electron chi connectivity index (χ4n) is 4.17. The Kier molecular flexibility index (Phi) is 8.06. The summed E-state index contributed by atoms with van der Waals surface area (Å²) in [6, 6.07) is 0. The van der Waals surface area contributed by atoms with Crippen molar-refractivity contribution in [2.45, 2.75) is 98.0 Å². The Bertz CT molecular complexity index is 514. The van der Waals surface area contributed by atoms with Crippen LogP contribution in [0, 0.1) is 17.3 Å². The molecule has 0 N–H and O–H groups in total. The van der Waals surface area contributed by atoms with Crippen molar-refractivity contribution in [3.8, 4) is 0 Å². The van der Waals surface area contributed by atoms with Crippen LogP contribution in [0.4, 0.5) is 0 Å². The molecule has 1 saturated heterocycles. The van der Waals surface area contributed by atoms with Gasteiger partial charge in [-0.3, -0.25) is 9.59 Å². The molecule has 3 unspecified atom stereocenters. The molecule has 0 aromatic heterocycles. The molecule has 0 aromatic rings. The summed E-state index contributed by atoms with van der Waals surface area (Å²) in [5.74, 6) is 1.28. The first kappa shape index (κ1) is 21.3. The van der Waals surface area contributed by atoms with Gasteiger partial charge in [-0.05, 0) is 57.8 Å². The summed E-state index contributed by atoms with van der Waals surface area (Å²) < 4.78 is 5.42. The van der Waals surface area contributed by atoms with Crippen LogP contribution in [0.1, 0.15) is 91.9 Å². The highest BCUT2D eigenvalue weighted by molar-refractivity contribution is 5.87. The zero-order chi connectivity index (χ0) is 19.2. The van der Waals surface area contributed by atoms with E-state index in [-0.39, 0.29) is 12.0 Å². The number of Topliss-reactive ketones (excluding diaryl/α,β-unsaturated/α-hetero) is 2. The van der Waals surface area contributed by atoms with E-state index >= 15 is 0 Å². The lowest BCUT2D eigenvalue weighted by atomic mass is 9.73. The van der Waals surface area contributed by atoms with Gasteiger partial charge in [0, 0.05) is 24.2 Å². The number of carbonyl (C=O) groups is 2. The number of carbonyl (C=O) groups excluding carboxylic acids is 2. The van der Waals surface area contributed by atoms with Gasteiger partial charge in [0.1, 0.15) is 11.6 Å². The van der Waals surface area contributed by atoms with Crippen molar-refractivity contribution in [3.63, 3.8) is 0 Å². The second kappa shape index (κ2) is 9.82. The molecule has 0 amide bonds. The van der Waals surface area contributed by atoms with E-state index in [1.807, 2.05) is 13.8 Å². The van der Waals surface area contributed by atoms with Crippen molar-refractivity contribution in [1.29, 1.82) is 0 Å². The predicted molar refractivity (Wildman–Crippen MR) is 106 cm³/mol. The molecule has 0 bridgehead atoms. The Morgan fingerprint density at radius 3 is 2.58 bits per heavy atom. The van der Waals surface area contributed by atoms with Gasteiger partial charge in [0.05, 0.1) is 12.7 Å². The minimum absolute atomic E-state index is 0.0761. The summed E-state index contributed by atoms with van der Waals surface area (Å²) >= 11 is 0. The maximum absolute atomic E-state index is 13.3. The van der Waals surface area contributed by atoms with Gasteiger partial charge in [0.25, 0.3) is 0 Å². The lowest BCUT2D eigenvalue weighted by Crippen LogP contribution is -2.33. The third-order valence-electron chi connectivity index (χ3n) is 6.12. The van der Waals surface area contributed by atoms with Crippen molar-refractivity contribution in [1.82, 2.24) is 0 Å². The molecule has 1 heterocycles. The highest BCUT2D eigenvalue weighted by Gasteiger charge is 2.38. The zero-order valence-electron chi connectivity index (χ0n) is 17.3. The van der Waals surface area contributed by atoms with Crippen molar-refractivity contribution >= 4 is 11.6 Å². The summed E-state index contributed by atoms with van der Waals surface area (Å²) in [4.78, 5) is 25.5. The fraction of sp³-hybridized carbons (Fsp3) is 0.826. The van der Waals surface area contributed by atoms with Gasteiger partial charge < -0.3 is 4.74 Å². The standard InChI is InChI=1S/C23H38O3/c1-17-8-5-6-11-20(24)12-13-23(3,4)22(25)19(15-21-16-26-21)14-18(2)10-7-9-17/h8,18-19,21H,5-7,9-16H2,1-4H3. The summed E-state index contributed by atoms with van der Waals surface area (Å²) in [6.07, 6.45) is 11.7. The summed E-state index contributed by atoms with van der Waals surface area (Å²) in [6.45, 7) is 9.36. The van der Waals surface area contributed by atoms with Gasteiger partial charge in [-0.1, -0.05) is 38.8 Å². The number of rotatable bonds is 2. The number of ketones is 2. The molecule has 0 radical (unpaired) electrons. The second-order valence-electron chi connectivity index (χ2n) is 9.35. The highest BCUT2D eigenvalue weighted by atomic mass is 16.6. The topological polar surface area (TPSA) is 46.7 Å². The number of epoxide rings is 1. The minimum Gasteiger partial charge on any atom is -0.373 e. The van der Waals surface area contributed by atoms with Gasteiger partial charge in [0.15, 0.2) is 0 Å². The molecule has 1 aliphatic heterocycles. The van der Waals surface area contributed by atoms with Crippen LogP contribution in [0.3, 0.4) is 0 Å². The minimum atomic E-state index is -0.414. The Morgan fingerprint density at radius 2 is 1.88 bits per heavy atom. The van der Waals surface area contributed by atoms with Crippen molar-refractivity contribution in [2.24, 2.45) is 17.3 Å². The lowest BCUT2D eigenvalue weighted by molar-refractivity contribution is -0.133. The molecule has 148 valence electrons. The number of allylic oxidation sites excluding steroid dienone is 2. The summed E-state index contributed by atoms with van der Waals surface area (Å²) in [5, 5.41) is 0. The largest absolute Gasteiger partial charge is 0.373 e. The first-order valence-corrected chi connectivity index (χ1v) is 10.6. The molecule has 1 fully saturated rings. The number of hydrogen-bond donors (Lipinski definition) is 0. The van der Waals surface area contributed by atoms with Crippen LogP contribution in [-0.4, -0.2) is 24.3 Å². The summed E-state index contributed by atoms with van der Waals surface area (Å²) in [5.41, 5.74) is 1.03. The monoisotopic (exact) mass is 362 g/mol. The third kappa shape index (κ3) is 7.34. The second-order valence-corrected chi connectivity index (χ2v) is 9.35. The molecule has 2 rings (SSSR count). The van der Waals surface area contributed by atoms with Gasteiger partial charge in [-0.2, -0.15) is 0 Å². The highest BCUT2D eigenvalue weighted by Crippen LogP contribution is 2.35. The SMILES string of the molecule is CC1=CCCCC(=O)CCC(C)(C)C(=O)C(CC2CO2)CC(C)CCC1. The maximum atomic E-state index is 13.3. The number of ether oxygens (including phenoxy) is 1. The quantitative estimate of drug-likeness (QED) is 0.470. The normalized spacial score (nSPS) is 32.2. The average molecular weight is 363 g/mol. The van der Waals surface area contributed by atoms with E-state index in [2.05, 4.69) is 19.9 Å². The fourth-order valence-corrected chi connectivity index (χ4v) is 4.17. The van der Waals surface area contributed by atoms with E-state index in [1.54, 1.807) is 0 Å². The van der Waals surface area contributed by atoms with Crippen LogP contribution in [0.5, 0.6) is 0 Å². The molecule has 3 heteroatoms. The first-order chi connectivity index (χ1) is 12.3. The molecular formula is C23H38O3. The van der Waals surface area contributed by atoms with Crippen LogP contribution in [0.2, 0.25) is 0 Å². The lowest BCUT2D eigenvalue weighted by Gasteiger charge is -2.29. The number of hydrogen-bond acceptors (Lipinski definition) is 3. The summed E-state index contributed by atoms with van der Waals surface area (Å²) in [7, 11) is 0. The zero-order valence-corrected chi connectivity index (χ0v) is 17.3. The Morgan fingerprint density at radius 1 is 1.15 bits per heavy atom. The van der Waals surface area contributed by atoms with Crippen LogP contribution in [0.15, 0.2) is 11.6 Å². The van der Waals surface area contributed by atoms with Crippen molar-refractivity contribution in [3.05, 3.63) is 11.6 Å². The van der Waals surface area contributed by atoms with Crippen LogP contribution in [0.25, 0.3) is 0 Å². The van der Waals surface area contributed by atoms with E-state index in [1.165, 1.54) is 18.4 Å². The maximum Gasteiger partial charge on any atom is 0.141 e. The first-order valence-electron chi connectivity index (χ1n) is 10.6. The Labute approximate surface area is 160 Å². The molecular weight excluding hydrogens is 324 g/mol. The molecule has 0 saturated carbocycles. The molecule has 3 atom stereocenters. The van der Waals surface area contributed by atoms with Gasteiger partial charge in [-0.15, -0.1) is 0 Å². The van der Waals surface area contributed by atoms with Crippen LogP contribution in [-0.2, 0) is 14.3 Å². The predicted octanol–water partition coefficient (Wildman–Crippen LogP) is 5.66. The van der Waals surface area contributed by atoms with Crippen LogP contribution >= 0.6 is 0 Å². The van der Waals surface area contributed by atoms with E-state index < -0.39 is 5.41 Å². The molecule has 0 spiro atoms. The molecule has 26 heavy (non-hydrogen) atoms. The molecule has 0 aromatic carbocycles.